The molecule has 0 bridgehead atoms. The molecule has 0 amide bonds. The third-order valence-electron chi connectivity index (χ3n) is 3.82. The maximum atomic E-state index is 9.69. The third-order valence-corrected chi connectivity index (χ3v) is 3.82. The Bertz CT molecular complexity index is 443. The van der Waals surface area contributed by atoms with Crippen molar-refractivity contribution in [1.29, 1.82) is 0 Å². The van der Waals surface area contributed by atoms with Crippen molar-refractivity contribution >= 4 is 0 Å². The van der Waals surface area contributed by atoms with E-state index in [1.165, 1.54) is 18.9 Å². The molecule has 2 rings (SSSR count). The van der Waals surface area contributed by atoms with Gasteiger partial charge in [-0.1, -0.05) is 6.07 Å². The van der Waals surface area contributed by atoms with E-state index in [1.54, 1.807) is 13.2 Å². The minimum Gasteiger partial charge on any atom is -0.504 e. The Morgan fingerprint density at radius 2 is 1.95 bits per heavy atom. The van der Waals surface area contributed by atoms with Gasteiger partial charge in [0.15, 0.2) is 11.5 Å². The Morgan fingerprint density at radius 1 is 1.21 bits per heavy atom. The van der Waals surface area contributed by atoms with Crippen LogP contribution in [0.25, 0.3) is 0 Å². The Labute approximate surface area is 112 Å². The Morgan fingerprint density at radius 3 is 2.58 bits per heavy atom. The maximum Gasteiger partial charge on any atom is 0.200 e. The molecule has 0 atom stereocenters. The summed E-state index contributed by atoms with van der Waals surface area (Å²) in [5, 5.41) is 31.7. The molecule has 0 spiro atoms. The molecule has 4 N–H and O–H groups in total. The molecule has 0 aromatic heterocycles. The van der Waals surface area contributed by atoms with Gasteiger partial charge in [-0.2, -0.15) is 0 Å². The van der Waals surface area contributed by atoms with Crippen molar-refractivity contribution in [3.05, 3.63) is 17.7 Å². The number of benzene rings is 1. The van der Waals surface area contributed by atoms with Crippen LogP contribution in [-0.4, -0.2) is 35.6 Å². The van der Waals surface area contributed by atoms with E-state index in [0.29, 0.717) is 17.5 Å². The minimum absolute atomic E-state index is 0.255. The van der Waals surface area contributed by atoms with E-state index in [9.17, 15) is 15.3 Å². The second-order valence-corrected chi connectivity index (χ2v) is 5.29. The highest BCUT2D eigenvalue weighted by molar-refractivity contribution is 5.52. The Hall–Kier alpha value is -1.46. The number of hydrogen-bond acceptors (Lipinski definition) is 5. The van der Waals surface area contributed by atoms with Gasteiger partial charge in [0.25, 0.3) is 0 Å². The van der Waals surface area contributed by atoms with E-state index < -0.39 is 5.75 Å². The smallest absolute Gasteiger partial charge is 0.200 e. The van der Waals surface area contributed by atoms with Crippen LogP contribution in [-0.2, 0) is 11.3 Å². The van der Waals surface area contributed by atoms with Gasteiger partial charge in [-0.05, 0) is 30.7 Å². The van der Waals surface area contributed by atoms with Gasteiger partial charge in [0.2, 0.25) is 5.75 Å². The number of rotatable bonds is 7. The number of phenolic OH excluding ortho intramolecular Hbond substituents is 3. The number of aromatic hydroxyl groups is 3. The van der Waals surface area contributed by atoms with E-state index in [2.05, 4.69) is 5.32 Å². The van der Waals surface area contributed by atoms with Crippen molar-refractivity contribution in [2.75, 3.05) is 20.3 Å². The lowest BCUT2D eigenvalue weighted by atomic mass is 10.0. The highest BCUT2D eigenvalue weighted by atomic mass is 16.5. The Balaban J connectivity index is 1.85. The van der Waals surface area contributed by atoms with Crippen molar-refractivity contribution in [3.63, 3.8) is 0 Å². The molecule has 1 aliphatic carbocycles. The molecule has 0 saturated heterocycles. The van der Waals surface area contributed by atoms with Crippen molar-refractivity contribution in [2.24, 2.45) is 5.41 Å². The number of hydrogen-bond donors (Lipinski definition) is 4. The van der Waals surface area contributed by atoms with Crippen molar-refractivity contribution in [3.8, 4) is 17.2 Å². The van der Waals surface area contributed by atoms with E-state index in [-0.39, 0.29) is 11.5 Å². The van der Waals surface area contributed by atoms with Crippen LogP contribution in [0.4, 0.5) is 0 Å². The minimum atomic E-state index is -0.459. The van der Waals surface area contributed by atoms with Crippen LogP contribution in [0.1, 0.15) is 24.8 Å². The first-order valence-electron chi connectivity index (χ1n) is 6.50. The van der Waals surface area contributed by atoms with Gasteiger partial charge in [0.05, 0.1) is 0 Å². The number of methoxy groups -OCH3 is 1. The highest BCUT2D eigenvalue weighted by Crippen LogP contribution is 2.48. The summed E-state index contributed by atoms with van der Waals surface area (Å²) in [4.78, 5) is 0. The molecular formula is C14H21NO4. The predicted molar refractivity (Wildman–Crippen MR) is 71.3 cm³/mol. The second kappa shape index (κ2) is 5.67. The summed E-state index contributed by atoms with van der Waals surface area (Å²) in [5.74, 6) is -1.02. The van der Waals surface area contributed by atoms with E-state index in [0.717, 1.165) is 19.6 Å². The van der Waals surface area contributed by atoms with Crippen LogP contribution in [0.3, 0.4) is 0 Å². The van der Waals surface area contributed by atoms with Crippen LogP contribution in [0.5, 0.6) is 17.2 Å². The molecule has 106 valence electrons. The maximum absolute atomic E-state index is 9.69. The molecule has 1 fully saturated rings. The second-order valence-electron chi connectivity index (χ2n) is 5.29. The summed E-state index contributed by atoms with van der Waals surface area (Å²) in [6.07, 6.45) is 3.45. The van der Waals surface area contributed by atoms with Gasteiger partial charge in [-0.3, -0.25) is 0 Å². The summed E-state index contributed by atoms with van der Waals surface area (Å²) < 4.78 is 5.10. The molecule has 0 radical (unpaired) electrons. The van der Waals surface area contributed by atoms with Gasteiger partial charge >= 0.3 is 0 Å². The van der Waals surface area contributed by atoms with Gasteiger partial charge in [0.1, 0.15) is 0 Å². The lowest BCUT2D eigenvalue weighted by Gasteiger charge is -2.16. The summed E-state index contributed by atoms with van der Waals surface area (Å²) in [6, 6.07) is 2.98. The lowest BCUT2D eigenvalue weighted by Crippen LogP contribution is -2.24. The molecule has 1 aromatic rings. The number of ether oxygens (including phenoxy) is 1. The number of phenols is 3. The Kier molecular flexibility index (Phi) is 4.17. The molecule has 1 aromatic carbocycles. The largest absolute Gasteiger partial charge is 0.504 e. The first-order chi connectivity index (χ1) is 9.08. The van der Waals surface area contributed by atoms with Crippen LogP contribution < -0.4 is 5.32 Å². The van der Waals surface area contributed by atoms with Crippen molar-refractivity contribution < 1.29 is 20.1 Å². The monoisotopic (exact) mass is 267 g/mol. The summed E-state index contributed by atoms with van der Waals surface area (Å²) in [5.41, 5.74) is 0.919. The van der Waals surface area contributed by atoms with Gasteiger partial charge < -0.3 is 25.4 Å². The first-order valence-corrected chi connectivity index (χ1v) is 6.50. The summed E-state index contributed by atoms with van der Waals surface area (Å²) >= 11 is 0. The van der Waals surface area contributed by atoms with Crippen molar-refractivity contribution in [1.82, 2.24) is 5.32 Å². The molecule has 1 saturated carbocycles. The van der Waals surface area contributed by atoms with Crippen LogP contribution in [0.15, 0.2) is 12.1 Å². The molecule has 5 heteroatoms. The van der Waals surface area contributed by atoms with E-state index in [1.807, 2.05) is 0 Å². The highest BCUT2D eigenvalue weighted by Gasteiger charge is 2.41. The summed E-state index contributed by atoms with van der Waals surface area (Å²) in [7, 11) is 1.71. The van der Waals surface area contributed by atoms with Gasteiger partial charge in [-0.25, -0.2) is 0 Å². The molecule has 0 heterocycles. The SMILES string of the molecule is COCCC1(CNCc2ccc(O)c(O)c2O)CC1. The normalized spacial score (nSPS) is 16.5. The van der Waals surface area contributed by atoms with Crippen LogP contribution in [0.2, 0.25) is 0 Å². The number of nitrogens with one attached hydrogen (secondary N) is 1. The fraction of sp³-hybridized carbons (Fsp3) is 0.571. The zero-order valence-corrected chi connectivity index (χ0v) is 11.1. The topological polar surface area (TPSA) is 82.0 Å². The quantitative estimate of drug-likeness (QED) is 0.565. The molecule has 0 aliphatic heterocycles. The average molecular weight is 267 g/mol. The summed E-state index contributed by atoms with van der Waals surface area (Å²) in [6.45, 7) is 2.11. The van der Waals surface area contributed by atoms with Crippen LogP contribution in [0, 0.1) is 5.41 Å². The fourth-order valence-electron chi connectivity index (χ4n) is 2.23. The average Bonchev–Trinajstić information content (AvgIpc) is 3.17. The zero-order chi connectivity index (χ0) is 13.9. The predicted octanol–water partition coefficient (Wildman–Crippen LogP) is 1.71. The first kappa shape index (κ1) is 14.0. The van der Waals surface area contributed by atoms with Crippen molar-refractivity contribution in [2.45, 2.75) is 25.8 Å². The van der Waals surface area contributed by atoms with Gasteiger partial charge in [-0.15, -0.1) is 0 Å². The zero-order valence-electron chi connectivity index (χ0n) is 11.1. The molecule has 1 aliphatic rings. The van der Waals surface area contributed by atoms with E-state index >= 15 is 0 Å². The van der Waals surface area contributed by atoms with Gasteiger partial charge in [0, 0.05) is 32.4 Å². The third kappa shape index (κ3) is 3.30. The molecular weight excluding hydrogens is 246 g/mol. The molecule has 0 unspecified atom stereocenters. The van der Waals surface area contributed by atoms with Crippen LogP contribution >= 0.6 is 0 Å². The standard InChI is InChI=1S/C14H21NO4/c1-19-7-6-14(4-5-14)9-15-8-10-2-3-11(16)13(18)12(10)17/h2-3,15-18H,4-9H2,1H3. The molecule has 5 nitrogen and oxygen atoms in total. The van der Waals surface area contributed by atoms with E-state index in [4.69, 9.17) is 4.74 Å². The fourth-order valence-corrected chi connectivity index (χ4v) is 2.23. The lowest BCUT2D eigenvalue weighted by molar-refractivity contribution is 0.171. The molecule has 19 heavy (non-hydrogen) atoms.